The number of nitrogens with one attached hydrogen (secondary N) is 1. The Kier molecular flexibility index (Phi) is 34.5. The van der Waals surface area contributed by atoms with Gasteiger partial charge in [-0.25, -0.2) is 19.2 Å². The number of hydrogen-bond acceptors (Lipinski definition) is 20. The average molecular weight is 1250 g/mol. The first-order valence-electron chi connectivity index (χ1n) is 33.1. The number of likely N-dealkylation sites (tertiary alicyclic amines) is 7. The van der Waals surface area contributed by atoms with E-state index >= 15 is 0 Å². The number of Topliss-reactive ketones (excluding diaryl/α,β-unsaturated/α-hetero) is 1. The summed E-state index contributed by atoms with van der Waals surface area (Å²) in [5.41, 5.74) is -2.22. The first-order chi connectivity index (χ1) is 43.0. The average Bonchev–Trinajstić information content (AvgIpc) is 1.98. The predicted octanol–water partition coefficient (Wildman–Crippen LogP) is 7.79. The van der Waals surface area contributed by atoms with E-state index < -0.39 is 16.8 Å². The summed E-state index contributed by atoms with van der Waals surface area (Å²) in [4.78, 5) is 95.4. The minimum absolute atomic E-state index is 0.170. The number of rotatable bonds is 10. The number of hydrogen-bond donors (Lipinski definition) is 2. The molecular weight excluding hydrogens is 1140 g/mol. The van der Waals surface area contributed by atoms with Gasteiger partial charge < -0.3 is 68.4 Å². The van der Waals surface area contributed by atoms with Gasteiger partial charge in [0.15, 0.2) is 10.8 Å². The minimum Gasteiger partial charge on any atom is -0.480 e. The zero-order chi connectivity index (χ0) is 65.0. The highest BCUT2D eigenvalue weighted by molar-refractivity contribution is 5.81. The van der Waals surface area contributed by atoms with Crippen LogP contribution in [0.2, 0.25) is 0 Å². The summed E-state index contributed by atoms with van der Waals surface area (Å²) in [5.74, 6) is -0.573. The van der Waals surface area contributed by atoms with Crippen LogP contribution in [-0.2, 0) is 38.1 Å². The van der Waals surface area contributed by atoms with Crippen molar-refractivity contribution in [3.63, 3.8) is 0 Å². The molecule has 8 rings (SSSR count). The Balaban J connectivity index is 0.000000247. The molecule has 0 aliphatic carbocycles. The number of carboxylic acid groups (broad SMARTS) is 1. The third-order valence-corrected chi connectivity index (χ3v) is 18.3. The lowest BCUT2D eigenvalue weighted by Gasteiger charge is -2.39. The third kappa shape index (κ3) is 24.7. The molecule has 89 heavy (non-hydrogen) atoms. The predicted molar refractivity (Wildman–Crippen MR) is 329 cm³/mol. The number of nitrogens with zero attached hydrogens (tertiary/aromatic N) is 11. The standard InChI is InChI=1S/C18H29N3O4.C16H25N3O4.C15H25N3O2.C9H15NO3.C6H10N2/c1-3-24-16(22)18(14-19)8-12-20(13-9-18)15-6-5-10-21(11-7-15)17(23)25-4-2;1-2-23-15(22)19-8-3-4-13(5-9-19)18-10-6-16(12-17,7-11-18)14(20)21;1-2-20-15(19)18-8-3-4-14(7-11-18)17-9-5-13(12-16)6-10-17;1-2-13-9(12)10-6-3-4-8(11)5-7-10;7-5-6-1-3-8-4-2-6/h15H,3-13H2,1-2H3;13H,2-11H2,1H3,(H,20,21);13-14H,2-11H2,1H3;2-7H2,1H3;6,8H,1-4H2. The van der Waals surface area contributed by atoms with Gasteiger partial charge in [-0.3, -0.25) is 14.4 Å². The number of carbonyl (C=O) groups is 7. The number of aliphatic carboxylic acids is 1. The molecule has 0 aromatic heterocycles. The molecule has 8 saturated heterocycles. The number of ketones is 1. The lowest BCUT2D eigenvalue weighted by atomic mass is 9.79. The Morgan fingerprint density at radius 3 is 1.13 bits per heavy atom. The van der Waals surface area contributed by atoms with Crippen LogP contribution < -0.4 is 5.32 Å². The maximum atomic E-state index is 12.1. The van der Waals surface area contributed by atoms with Crippen LogP contribution in [0.1, 0.15) is 163 Å². The Hall–Kier alpha value is -6.51. The number of carbonyl (C=O) groups excluding carboxylic acids is 6. The topological polar surface area (TPSA) is 316 Å². The summed E-state index contributed by atoms with van der Waals surface area (Å²) in [6, 6.07) is 10.1. The largest absolute Gasteiger partial charge is 0.480 e. The van der Waals surface area contributed by atoms with Crippen LogP contribution >= 0.6 is 0 Å². The molecule has 3 unspecified atom stereocenters. The number of piperidine rings is 4. The van der Waals surface area contributed by atoms with Crippen molar-refractivity contribution in [3.8, 4) is 24.3 Å². The van der Waals surface area contributed by atoms with E-state index in [2.05, 4.69) is 38.2 Å². The van der Waals surface area contributed by atoms with Crippen LogP contribution in [-0.4, -0.2) is 237 Å². The molecule has 498 valence electrons. The molecule has 8 aliphatic heterocycles. The van der Waals surface area contributed by atoms with Crippen molar-refractivity contribution < 1.29 is 62.4 Å². The van der Waals surface area contributed by atoms with Crippen molar-refractivity contribution in [3.05, 3.63) is 0 Å². The smallest absolute Gasteiger partial charge is 0.409 e. The van der Waals surface area contributed by atoms with Crippen LogP contribution in [0, 0.1) is 68.0 Å². The van der Waals surface area contributed by atoms with Crippen molar-refractivity contribution >= 4 is 42.1 Å². The Labute approximate surface area is 529 Å². The van der Waals surface area contributed by atoms with Gasteiger partial charge in [-0.2, -0.15) is 21.0 Å². The summed E-state index contributed by atoms with van der Waals surface area (Å²) in [6.07, 6.45) is 15.6. The maximum Gasteiger partial charge on any atom is 0.409 e. The molecule has 3 atom stereocenters. The van der Waals surface area contributed by atoms with E-state index in [1.54, 1.807) is 35.5 Å². The van der Waals surface area contributed by atoms with Gasteiger partial charge in [0.2, 0.25) is 0 Å². The third-order valence-electron chi connectivity index (χ3n) is 18.3. The molecule has 0 saturated carbocycles. The number of esters is 1. The van der Waals surface area contributed by atoms with Gasteiger partial charge in [0, 0.05) is 121 Å². The Morgan fingerprint density at radius 2 is 0.787 bits per heavy atom. The van der Waals surface area contributed by atoms with E-state index in [-0.39, 0.29) is 42.0 Å². The SMILES string of the molecule is CCOC(=O)N1CCCC(=O)CC1.CCOC(=O)N1CCCC(N2CCC(C#N)(C(=O)O)CC2)CC1.CCOC(=O)N1CCCC(N2CCC(C#N)(C(=O)OCC)CC2)CC1.CCOC(=O)N1CCCC(N2CCC(C#N)CC2)CC1.N#CC1CCNCC1. The fraction of sp³-hybridized carbons (Fsp3) is 0.828. The van der Waals surface area contributed by atoms with Gasteiger partial charge in [-0.1, -0.05) is 0 Å². The molecule has 4 amide bonds. The molecule has 0 spiro atoms. The maximum absolute atomic E-state index is 12.1. The van der Waals surface area contributed by atoms with Gasteiger partial charge in [0.05, 0.1) is 57.3 Å². The van der Waals surface area contributed by atoms with Crippen molar-refractivity contribution in [2.75, 3.05) is 138 Å². The molecular formula is C64H104N12O13. The van der Waals surface area contributed by atoms with Gasteiger partial charge >= 0.3 is 36.3 Å². The van der Waals surface area contributed by atoms with Crippen LogP contribution in [0.25, 0.3) is 0 Å². The lowest BCUT2D eigenvalue weighted by molar-refractivity contribution is -0.154. The second-order valence-corrected chi connectivity index (χ2v) is 24.0. The summed E-state index contributed by atoms with van der Waals surface area (Å²) in [7, 11) is 0. The van der Waals surface area contributed by atoms with E-state index in [4.69, 9.17) is 34.2 Å². The zero-order valence-electron chi connectivity index (χ0n) is 54.1. The zero-order valence-corrected chi connectivity index (χ0v) is 54.1. The minimum atomic E-state index is -1.22. The highest BCUT2D eigenvalue weighted by Crippen LogP contribution is 2.36. The highest BCUT2D eigenvalue weighted by atomic mass is 16.6. The molecule has 0 radical (unpaired) electrons. The molecule has 0 aromatic rings. The van der Waals surface area contributed by atoms with Gasteiger partial charge in [-0.05, 0) is 176 Å². The summed E-state index contributed by atoms with van der Waals surface area (Å²) < 4.78 is 25.2. The summed E-state index contributed by atoms with van der Waals surface area (Å²) in [6.45, 7) is 23.3. The van der Waals surface area contributed by atoms with Gasteiger partial charge in [-0.15, -0.1) is 0 Å². The molecule has 8 fully saturated rings. The summed E-state index contributed by atoms with van der Waals surface area (Å²) in [5, 5.41) is 48.5. The van der Waals surface area contributed by atoms with E-state index in [1.165, 1.54) is 0 Å². The number of ether oxygens (including phenoxy) is 5. The Morgan fingerprint density at radius 1 is 0.438 bits per heavy atom. The molecule has 25 nitrogen and oxygen atoms in total. The van der Waals surface area contributed by atoms with Crippen LogP contribution in [0.4, 0.5) is 19.2 Å². The monoisotopic (exact) mass is 1250 g/mol. The van der Waals surface area contributed by atoms with Crippen LogP contribution in [0.3, 0.4) is 0 Å². The second kappa shape index (κ2) is 41.0. The molecule has 8 heterocycles. The quantitative estimate of drug-likeness (QED) is 0.156. The normalized spacial score (nSPS) is 23.7. The first kappa shape index (κ1) is 75.0. The molecule has 25 heteroatoms. The van der Waals surface area contributed by atoms with Crippen LogP contribution in [0.5, 0.6) is 0 Å². The highest BCUT2D eigenvalue weighted by Gasteiger charge is 2.45. The fourth-order valence-electron chi connectivity index (χ4n) is 12.8. The Bertz CT molecular complexity index is 2360. The van der Waals surface area contributed by atoms with Crippen molar-refractivity contribution in [2.45, 2.75) is 181 Å². The van der Waals surface area contributed by atoms with E-state index in [0.717, 1.165) is 149 Å². The van der Waals surface area contributed by atoms with Crippen molar-refractivity contribution in [2.24, 2.45) is 22.7 Å². The van der Waals surface area contributed by atoms with Gasteiger partial charge in [0.1, 0.15) is 5.78 Å². The van der Waals surface area contributed by atoms with E-state index in [9.17, 15) is 49.2 Å². The van der Waals surface area contributed by atoms with E-state index in [1.807, 2.05) is 24.8 Å². The summed E-state index contributed by atoms with van der Waals surface area (Å²) >= 11 is 0. The molecule has 8 aliphatic rings. The number of amides is 4. The fourth-order valence-corrected chi connectivity index (χ4v) is 12.8. The van der Waals surface area contributed by atoms with Crippen molar-refractivity contribution in [1.29, 1.82) is 21.0 Å². The van der Waals surface area contributed by atoms with Gasteiger partial charge in [0.25, 0.3) is 0 Å². The second-order valence-electron chi connectivity index (χ2n) is 24.0. The first-order valence-corrected chi connectivity index (χ1v) is 33.1. The molecule has 2 N–H and O–H groups in total. The van der Waals surface area contributed by atoms with Crippen molar-refractivity contribution in [1.82, 2.24) is 39.6 Å². The number of nitriles is 4. The molecule has 0 bridgehead atoms. The molecule has 0 aromatic carbocycles. The number of carboxylic acids is 1. The lowest BCUT2D eigenvalue weighted by Crippen LogP contribution is -2.48. The van der Waals surface area contributed by atoms with Crippen LogP contribution in [0.15, 0.2) is 0 Å². The van der Waals surface area contributed by atoms with E-state index in [0.29, 0.717) is 141 Å².